The Morgan fingerprint density at radius 3 is 2.39 bits per heavy atom. The average Bonchev–Trinajstić information content (AvgIpc) is 3.11. The summed E-state index contributed by atoms with van der Waals surface area (Å²) >= 11 is 0. The molecule has 1 saturated heterocycles. The van der Waals surface area contributed by atoms with Crippen molar-refractivity contribution in [3.63, 3.8) is 0 Å². The van der Waals surface area contributed by atoms with E-state index < -0.39 is 0 Å². The first-order chi connectivity index (χ1) is 11.2. The minimum absolute atomic E-state index is 0.0501. The van der Waals surface area contributed by atoms with E-state index in [1.165, 1.54) is 12.1 Å². The molecule has 0 saturated carbocycles. The van der Waals surface area contributed by atoms with Crippen LogP contribution in [0.4, 0.5) is 4.39 Å². The third-order valence-corrected chi connectivity index (χ3v) is 3.82. The van der Waals surface area contributed by atoms with Gasteiger partial charge in [-0.3, -0.25) is 4.79 Å². The summed E-state index contributed by atoms with van der Waals surface area (Å²) in [5.41, 5.74) is 1.00. The minimum Gasteiger partial charge on any atom is -0.457 e. The van der Waals surface area contributed by atoms with Crippen LogP contribution in [0.15, 0.2) is 48.5 Å². The van der Waals surface area contributed by atoms with Crippen LogP contribution in [-0.4, -0.2) is 18.5 Å². The normalized spacial score (nSPS) is 17.0. The second-order valence-electron chi connectivity index (χ2n) is 5.57. The van der Waals surface area contributed by atoms with Crippen molar-refractivity contribution in [2.45, 2.75) is 25.4 Å². The second-order valence-corrected chi connectivity index (χ2v) is 5.57. The SMILES string of the molecule is O=C(NCc1ccc(Oc2ccc(F)cc2)cc1)C1CCCN1. The summed E-state index contributed by atoms with van der Waals surface area (Å²) in [6.07, 6.45) is 1.95. The molecule has 3 rings (SSSR count). The standard InChI is InChI=1S/C18H19FN2O2/c19-14-5-9-16(10-6-14)23-15-7-3-13(4-8-15)12-21-18(22)17-2-1-11-20-17/h3-10,17,20H,1-2,11-12H2,(H,21,22). The number of ether oxygens (including phenoxy) is 1. The quantitative estimate of drug-likeness (QED) is 0.892. The molecule has 0 aromatic heterocycles. The molecule has 5 heteroatoms. The van der Waals surface area contributed by atoms with Crippen LogP contribution >= 0.6 is 0 Å². The average molecular weight is 314 g/mol. The Kier molecular flexibility index (Phi) is 4.88. The maximum Gasteiger partial charge on any atom is 0.237 e. The Morgan fingerprint density at radius 1 is 1.13 bits per heavy atom. The molecule has 1 aliphatic rings. The van der Waals surface area contributed by atoms with Gasteiger partial charge in [0.05, 0.1) is 6.04 Å². The van der Waals surface area contributed by atoms with Gasteiger partial charge in [-0.25, -0.2) is 4.39 Å². The molecule has 1 aliphatic heterocycles. The van der Waals surface area contributed by atoms with Crippen LogP contribution in [0, 0.1) is 5.82 Å². The Hall–Kier alpha value is -2.40. The molecule has 4 nitrogen and oxygen atoms in total. The first-order valence-electron chi connectivity index (χ1n) is 7.74. The van der Waals surface area contributed by atoms with E-state index in [-0.39, 0.29) is 17.8 Å². The van der Waals surface area contributed by atoms with Crippen LogP contribution in [-0.2, 0) is 11.3 Å². The summed E-state index contributed by atoms with van der Waals surface area (Å²) in [6, 6.07) is 13.3. The van der Waals surface area contributed by atoms with Crippen LogP contribution in [0.3, 0.4) is 0 Å². The van der Waals surface area contributed by atoms with Gasteiger partial charge in [0.2, 0.25) is 5.91 Å². The van der Waals surface area contributed by atoms with Crippen molar-refractivity contribution >= 4 is 5.91 Å². The van der Waals surface area contributed by atoms with Crippen molar-refractivity contribution in [3.8, 4) is 11.5 Å². The third-order valence-electron chi connectivity index (χ3n) is 3.82. The molecule has 0 aliphatic carbocycles. The zero-order valence-electron chi connectivity index (χ0n) is 12.7. The van der Waals surface area contributed by atoms with E-state index >= 15 is 0 Å². The van der Waals surface area contributed by atoms with E-state index in [9.17, 15) is 9.18 Å². The number of halogens is 1. The van der Waals surface area contributed by atoms with Gasteiger partial charge in [0, 0.05) is 6.54 Å². The van der Waals surface area contributed by atoms with Crippen LogP contribution < -0.4 is 15.4 Å². The first-order valence-corrected chi connectivity index (χ1v) is 7.74. The predicted octanol–water partition coefficient (Wildman–Crippen LogP) is 2.99. The highest BCUT2D eigenvalue weighted by Gasteiger charge is 2.21. The Morgan fingerprint density at radius 2 is 1.78 bits per heavy atom. The number of carbonyl (C=O) groups excluding carboxylic acids is 1. The number of hydrogen-bond acceptors (Lipinski definition) is 3. The lowest BCUT2D eigenvalue weighted by molar-refractivity contribution is -0.122. The highest BCUT2D eigenvalue weighted by atomic mass is 19.1. The molecule has 23 heavy (non-hydrogen) atoms. The van der Waals surface area contributed by atoms with Gasteiger partial charge in [-0.05, 0) is 61.3 Å². The number of nitrogens with one attached hydrogen (secondary N) is 2. The van der Waals surface area contributed by atoms with Gasteiger partial charge in [-0.2, -0.15) is 0 Å². The van der Waals surface area contributed by atoms with E-state index in [2.05, 4.69) is 10.6 Å². The monoisotopic (exact) mass is 314 g/mol. The Balaban J connectivity index is 1.52. The van der Waals surface area contributed by atoms with Gasteiger partial charge in [0.25, 0.3) is 0 Å². The summed E-state index contributed by atoms with van der Waals surface area (Å²) in [5, 5.41) is 6.11. The fourth-order valence-corrected chi connectivity index (χ4v) is 2.53. The largest absolute Gasteiger partial charge is 0.457 e. The number of hydrogen-bond donors (Lipinski definition) is 2. The van der Waals surface area contributed by atoms with Crippen LogP contribution in [0.1, 0.15) is 18.4 Å². The van der Waals surface area contributed by atoms with Gasteiger partial charge in [0.15, 0.2) is 0 Å². The molecule has 0 radical (unpaired) electrons. The second kappa shape index (κ2) is 7.24. The fraction of sp³-hybridized carbons (Fsp3) is 0.278. The summed E-state index contributed by atoms with van der Waals surface area (Å²) in [5.74, 6) is 1.01. The lowest BCUT2D eigenvalue weighted by Crippen LogP contribution is -2.39. The van der Waals surface area contributed by atoms with Gasteiger partial charge >= 0.3 is 0 Å². The van der Waals surface area contributed by atoms with Crippen molar-refractivity contribution in [2.75, 3.05) is 6.54 Å². The zero-order valence-corrected chi connectivity index (χ0v) is 12.7. The smallest absolute Gasteiger partial charge is 0.237 e. The third kappa shape index (κ3) is 4.29. The van der Waals surface area contributed by atoms with Gasteiger partial charge < -0.3 is 15.4 Å². The maximum atomic E-state index is 12.8. The fourth-order valence-electron chi connectivity index (χ4n) is 2.53. The minimum atomic E-state index is -0.291. The molecule has 1 amide bonds. The molecular weight excluding hydrogens is 295 g/mol. The van der Waals surface area contributed by atoms with E-state index in [1.54, 1.807) is 12.1 Å². The van der Waals surface area contributed by atoms with Gasteiger partial charge in [-0.15, -0.1) is 0 Å². The van der Waals surface area contributed by atoms with Crippen molar-refractivity contribution in [1.82, 2.24) is 10.6 Å². The van der Waals surface area contributed by atoms with Gasteiger partial charge in [-0.1, -0.05) is 12.1 Å². The topological polar surface area (TPSA) is 50.4 Å². The lowest BCUT2D eigenvalue weighted by atomic mass is 10.2. The molecule has 1 atom stereocenters. The molecule has 120 valence electrons. The molecule has 0 bridgehead atoms. The molecule has 2 aromatic rings. The highest BCUT2D eigenvalue weighted by molar-refractivity contribution is 5.81. The van der Waals surface area contributed by atoms with Crippen LogP contribution in [0.25, 0.3) is 0 Å². The zero-order chi connectivity index (χ0) is 16.1. The van der Waals surface area contributed by atoms with Crippen molar-refractivity contribution in [3.05, 3.63) is 59.9 Å². The van der Waals surface area contributed by atoms with E-state index in [0.29, 0.717) is 18.0 Å². The van der Waals surface area contributed by atoms with Crippen molar-refractivity contribution < 1.29 is 13.9 Å². The molecular formula is C18H19FN2O2. The lowest BCUT2D eigenvalue weighted by Gasteiger charge is -2.11. The Bertz CT molecular complexity index is 650. The van der Waals surface area contributed by atoms with E-state index in [4.69, 9.17) is 4.74 Å². The van der Waals surface area contributed by atoms with E-state index in [1.807, 2.05) is 24.3 Å². The summed E-state index contributed by atoms with van der Waals surface area (Å²) in [4.78, 5) is 11.9. The van der Waals surface area contributed by atoms with E-state index in [0.717, 1.165) is 24.9 Å². The molecule has 1 heterocycles. The highest BCUT2D eigenvalue weighted by Crippen LogP contribution is 2.21. The molecule has 1 unspecified atom stereocenters. The summed E-state index contributed by atoms with van der Waals surface area (Å²) in [7, 11) is 0. The molecule has 2 aromatic carbocycles. The predicted molar refractivity (Wildman–Crippen MR) is 85.8 cm³/mol. The van der Waals surface area contributed by atoms with Crippen LogP contribution in [0.2, 0.25) is 0 Å². The summed E-state index contributed by atoms with van der Waals surface area (Å²) in [6.45, 7) is 1.40. The Labute approximate surface area is 134 Å². The number of amides is 1. The number of rotatable bonds is 5. The molecule has 0 spiro atoms. The molecule has 2 N–H and O–H groups in total. The molecule has 1 fully saturated rings. The van der Waals surface area contributed by atoms with Gasteiger partial charge in [0.1, 0.15) is 17.3 Å². The van der Waals surface area contributed by atoms with Crippen LogP contribution in [0.5, 0.6) is 11.5 Å². The first kappa shape index (κ1) is 15.5. The number of carbonyl (C=O) groups is 1. The van der Waals surface area contributed by atoms with Crippen molar-refractivity contribution in [2.24, 2.45) is 0 Å². The summed E-state index contributed by atoms with van der Waals surface area (Å²) < 4.78 is 18.5. The number of benzene rings is 2. The van der Waals surface area contributed by atoms with Crippen molar-refractivity contribution in [1.29, 1.82) is 0 Å². The maximum absolute atomic E-state index is 12.8.